The van der Waals surface area contributed by atoms with E-state index in [0.717, 1.165) is 0 Å². The van der Waals surface area contributed by atoms with Crippen LogP contribution in [-0.4, -0.2) is 48.6 Å². The molecular weight excluding hydrogens is 266 g/mol. The second-order valence-corrected chi connectivity index (χ2v) is 6.73. The normalized spacial score (nSPS) is 28.2. The van der Waals surface area contributed by atoms with E-state index in [1.807, 2.05) is 0 Å². The third-order valence-electron chi connectivity index (χ3n) is 3.36. The van der Waals surface area contributed by atoms with Crippen LogP contribution in [0.4, 0.5) is 13.6 Å². The van der Waals surface area contributed by atoms with Gasteiger partial charge in [0, 0.05) is 19.6 Å². The first-order valence-electron chi connectivity index (χ1n) is 7.06. The van der Waals surface area contributed by atoms with Gasteiger partial charge in [-0.25, -0.2) is 13.6 Å². The van der Waals surface area contributed by atoms with Crippen molar-refractivity contribution in [2.45, 2.75) is 64.0 Å². The summed E-state index contributed by atoms with van der Waals surface area (Å²) in [5, 5.41) is 0. The van der Waals surface area contributed by atoms with Crippen molar-refractivity contribution in [3.8, 4) is 0 Å². The van der Waals surface area contributed by atoms with Crippen LogP contribution < -0.4 is 5.73 Å². The maximum atomic E-state index is 13.1. The summed E-state index contributed by atoms with van der Waals surface area (Å²) in [6, 6.07) is -0.296. The van der Waals surface area contributed by atoms with Crippen LogP contribution in [0.5, 0.6) is 0 Å². The number of halogens is 2. The molecule has 1 rings (SSSR count). The highest BCUT2D eigenvalue weighted by atomic mass is 19.2. The molecule has 1 saturated carbocycles. The number of carbonyl (C=O) groups is 1. The Morgan fingerprint density at radius 3 is 2.30 bits per heavy atom. The maximum Gasteiger partial charge on any atom is 0.410 e. The second-order valence-electron chi connectivity index (χ2n) is 6.73. The molecule has 0 aliphatic heterocycles. The van der Waals surface area contributed by atoms with E-state index in [1.165, 1.54) is 4.90 Å². The highest BCUT2D eigenvalue weighted by molar-refractivity contribution is 5.67. The molecule has 1 fully saturated rings. The second kappa shape index (κ2) is 6.70. The zero-order valence-corrected chi connectivity index (χ0v) is 12.7. The van der Waals surface area contributed by atoms with E-state index >= 15 is 0 Å². The minimum Gasteiger partial charge on any atom is -0.444 e. The lowest BCUT2D eigenvalue weighted by Gasteiger charge is -2.27. The van der Waals surface area contributed by atoms with Crippen molar-refractivity contribution in [3.05, 3.63) is 0 Å². The fraction of sp³-hybridized carbons (Fsp3) is 0.929. The van der Waals surface area contributed by atoms with Crippen LogP contribution in [0.25, 0.3) is 0 Å². The van der Waals surface area contributed by atoms with E-state index < -0.39 is 24.0 Å². The summed E-state index contributed by atoms with van der Waals surface area (Å²) in [6.07, 6.45) is -2.19. The first-order valence-corrected chi connectivity index (χ1v) is 7.06. The molecule has 0 unspecified atom stereocenters. The molecular formula is C14H26F2N2O2. The van der Waals surface area contributed by atoms with Crippen molar-refractivity contribution in [1.29, 1.82) is 0 Å². The molecule has 0 aromatic rings. The van der Waals surface area contributed by atoms with Gasteiger partial charge in [0.25, 0.3) is 0 Å². The van der Waals surface area contributed by atoms with E-state index in [0.29, 0.717) is 13.0 Å². The van der Waals surface area contributed by atoms with Gasteiger partial charge in [-0.3, -0.25) is 0 Å². The Morgan fingerprint density at radius 1 is 1.35 bits per heavy atom. The van der Waals surface area contributed by atoms with Gasteiger partial charge in [-0.2, -0.15) is 0 Å². The van der Waals surface area contributed by atoms with Crippen LogP contribution in [0.15, 0.2) is 0 Å². The molecule has 0 bridgehead atoms. The number of ether oxygens (including phenoxy) is 1. The van der Waals surface area contributed by atoms with Crippen molar-refractivity contribution in [2.75, 3.05) is 13.6 Å². The lowest BCUT2D eigenvalue weighted by atomic mass is 9.98. The van der Waals surface area contributed by atoms with Crippen LogP contribution in [0.1, 0.15) is 40.0 Å². The Labute approximate surface area is 119 Å². The van der Waals surface area contributed by atoms with Gasteiger partial charge in [0.05, 0.1) is 0 Å². The molecule has 0 aromatic heterocycles. The standard InChI is InChI=1S/C14H26F2N2O2/c1-14(2,3)20-13(19)18(4)8-10(17)5-9-6-11(15)12(16)7-9/h9-12H,5-8,17H2,1-4H3/t9-,10-,11+,12-/m0/s1. The molecule has 6 heteroatoms. The molecule has 4 atom stereocenters. The molecule has 2 N–H and O–H groups in total. The number of hydrogen-bond acceptors (Lipinski definition) is 3. The summed E-state index contributed by atoms with van der Waals surface area (Å²) in [7, 11) is 1.61. The van der Waals surface area contributed by atoms with Gasteiger partial charge >= 0.3 is 6.09 Å². The molecule has 1 amide bonds. The van der Waals surface area contributed by atoms with Crippen molar-refractivity contribution in [2.24, 2.45) is 11.7 Å². The van der Waals surface area contributed by atoms with Crippen LogP contribution in [-0.2, 0) is 4.74 Å². The molecule has 1 aliphatic carbocycles. The Hall–Kier alpha value is -0.910. The quantitative estimate of drug-likeness (QED) is 0.866. The molecule has 0 radical (unpaired) electrons. The molecule has 0 heterocycles. The molecule has 4 nitrogen and oxygen atoms in total. The summed E-state index contributed by atoms with van der Waals surface area (Å²) in [4.78, 5) is 13.2. The Bertz CT molecular complexity index is 324. The summed E-state index contributed by atoms with van der Waals surface area (Å²) >= 11 is 0. The van der Waals surface area contributed by atoms with Crippen LogP contribution in [0.3, 0.4) is 0 Å². The topological polar surface area (TPSA) is 55.6 Å². The summed E-state index contributed by atoms with van der Waals surface area (Å²) in [6.45, 7) is 5.69. The van der Waals surface area contributed by atoms with Crippen molar-refractivity contribution < 1.29 is 18.3 Å². The average Bonchev–Trinajstić information content (AvgIpc) is 2.54. The molecule has 0 aromatic carbocycles. The smallest absolute Gasteiger partial charge is 0.410 e. The SMILES string of the molecule is CN(C[C@@H](N)C[C@H]1C[C@@H](F)[C@@H](F)C1)C(=O)OC(C)(C)C. The molecule has 0 spiro atoms. The van der Waals surface area contributed by atoms with Gasteiger partial charge in [0.1, 0.15) is 17.9 Å². The van der Waals surface area contributed by atoms with Crippen molar-refractivity contribution >= 4 is 6.09 Å². The van der Waals surface area contributed by atoms with E-state index in [2.05, 4.69) is 0 Å². The fourth-order valence-corrected chi connectivity index (χ4v) is 2.49. The number of carbonyl (C=O) groups excluding carboxylic acids is 1. The summed E-state index contributed by atoms with van der Waals surface area (Å²) in [5.74, 6) is -0.0398. The summed E-state index contributed by atoms with van der Waals surface area (Å²) in [5.41, 5.74) is 5.40. The molecule has 1 aliphatic rings. The predicted molar refractivity (Wildman–Crippen MR) is 74.0 cm³/mol. The predicted octanol–water partition coefficient (Wildman–Crippen LogP) is 2.66. The Balaban J connectivity index is 2.35. The van der Waals surface area contributed by atoms with E-state index in [9.17, 15) is 13.6 Å². The first kappa shape index (κ1) is 17.1. The van der Waals surface area contributed by atoms with Crippen LogP contribution in [0.2, 0.25) is 0 Å². The highest BCUT2D eigenvalue weighted by Gasteiger charge is 2.35. The largest absolute Gasteiger partial charge is 0.444 e. The minimum absolute atomic E-state index is 0.0398. The lowest BCUT2D eigenvalue weighted by Crippen LogP contribution is -2.42. The van der Waals surface area contributed by atoms with Gasteiger partial charge in [0.2, 0.25) is 0 Å². The van der Waals surface area contributed by atoms with E-state index in [-0.39, 0.29) is 24.8 Å². The number of hydrogen-bond donors (Lipinski definition) is 1. The number of amides is 1. The fourth-order valence-electron chi connectivity index (χ4n) is 2.49. The monoisotopic (exact) mass is 292 g/mol. The number of alkyl halides is 2. The number of nitrogens with zero attached hydrogens (tertiary/aromatic N) is 1. The van der Waals surface area contributed by atoms with Gasteiger partial charge in [0.15, 0.2) is 0 Å². The zero-order valence-electron chi connectivity index (χ0n) is 12.7. The van der Waals surface area contributed by atoms with Gasteiger partial charge < -0.3 is 15.4 Å². The van der Waals surface area contributed by atoms with Gasteiger partial charge in [-0.15, -0.1) is 0 Å². The molecule has 118 valence electrons. The third kappa shape index (κ3) is 5.61. The van der Waals surface area contributed by atoms with E-state index in [1.54, 1.807) is 27.8 Å². The third-order valence-corrected chi connectivity index (χ3v) is 3.36. The van der Waals surface area contributed by atoms with Crippen LogP contribution in [0, 0.1) is 5.92 Å². The highest BCUT2D eigenvalue weighted by Crippen LogP contribution is 2.33. The zero-order chi connectivity index (χ0) is 15.5. The number of nitrogens with two attached hydrogens (primary N) is 1. The van der Waals surface area contributed by atoms with Crippen molar-refractivity contribution in [3.63, 3.8) is 0 Å². The molecule has 0 saturated heterocycles. The Morgan fingerprint density at radius 2 is 1.85 bits per heavy atom. The average molecular weight is 292 g/mol. The lowest BCUT2D eigenvalue weighted by molar-refractivity contribution is 0.0285. The number of rotatable bonds is 4. The first-order chi connectivity index (χ1) is 9.08. The van der Waals surface area contributed by atoms with Crippen LogP contribution >= 0.6 is 0 Å². The van der Waals surface area contributed by atoms with E-state index in [4.69, 9.17) is 10.5 Å². The molecule has 20 heavy (non-hydrogen) atoms. The van der Waals surface area contributed by atoms with Gasteiger partial charge in [-0.1, -0.05) is 0 Å². The van der Waals surface area contributed by atoms with Crippen molar-refractivity contribution in [1.82, 2.24) is 4.90 Å². The number of likely N-dealkylation sites (N-methyl/N-ethyl adjacent to an activating group) is 1. The Kier molecular flexibility index (Phi) is 5.74. The summed E-state index contributed by atoms with van der Waals surface area (Å²) < 4.78 is 31.4. The van der Waals surface area contributed by atoms with Gasteiger partial charge in [-0.05, 0) is 46.0 Å². The minimum atomic E-state index is -1.37. The maximum absolute atomic E-state index is 13.1.